The van der Waals surface area contributed by atoms with Crippen LogP contribution in [0.2, 0.25) is 0 Å². The maximum absolute atomic E-state index is 5.66. The summed E-state index contributed by atoms with van der Waals surface area (Å²) in [7, 11) is -0.429. The molecule has 0 aliphatic rings. The molecule has 0 N–H and O–H groups in total. The molecule has 0 atom stereocenters. The van der Waals surface area contributed by atoms with Gasteiger partial charge in [0.15, 0.2) is 0 Å². The summed E-state index contributed by atoms with van der Waals surface area (Å²) in [6.07, 6.45) is 0.453. The van der Waals surface area contributed by atoms with Crippen LogP contribution in [0.25, 0.3) is 0 Å². The molecule has 0 unspecified atom stereocenters. The number of ether oxygens (including phenoxy) is 2. The van der Waals surface area contributed by atoms with E-state index in [-0.39, 0.29) is 44.0 Å². The first-order valence-electron chi connectivity index (χ1n) is 4.43. The van der Waals surface area contributed by atoms with Crippen LogP contribution in [0.3, 0.4) is 0 Å². The second-order valence-corrected chi connectivity index (χ2v) is 6.03. The Kier molecular flexibility index (Phi) is 12.4. The van der Waals surface area contributed by atoms with Crippen LogP contribution >= 0.6 is 11.6 Å². The average Bonchev–Trinajstić information content (AvgIpc) is 1.84. The van der Waals surface area contributed by atoms with Gasteiger partial charge in [-0.2, -0.15) is 0 Å². The molecule has 0 aromatic heterocycles. The molecule has 0 bridgehead atoms. The predicted octanol–water partition coefficient (Wildman–Crippen LogP) is 1.33. The van der Waals surface area contributed by atoms with E-state index in [1.54, 1.807) is 0 Å². The maximum Gasteiger partial charge on any atom is 2.00 e. The summed E-state index contributed by atoms with van der Waals surface area (Å²) in [5.41, 5.74) is 0.712. The molecule has 0 heterocycles. The van der Waals surface area contributed by atoms with Crippen LogP contribution in [-0.2, 0) is 9.47 Å². The minimum Gasteiger partial charge on any atom is -1.00 e. The molecule has 0 spiro atoms. The summed E-state index contributed by atoms with van der Waals surface area (Å²) in [4.78, 5) is 0. The first kappa shape index (κ1) is 16.6. The third kappa shape index (κ3) is 11.1. The second kappa shape index (κ2) is 9.74. The van der Waals surface area contributed by atoms with Crippen molar-refractivity contribution in [2.45, 2.75) is 45.8 Å². The Morgan fingerprint density at radius 2 is 1.54 bits per heavy atom. The van der Waals surface area contributed by atoms with Gasteiger partial charge in [0.05, 0.1) is 12.2 Å². The molecule has 0 rings (SSSR count). The van der Waals surface area contributed by atoms with Crippen LogP contribution < -0.4 is 0 Å². The van der Waals surface area contributed by atoms with Gasteiger partial charge >= 0.3 is 23.1 Å². The minimum atomic E-state index is -0.429. The fourth-order valence-electron chi connectivity index (χ4n) is 0.864. The number of hydrogen-bond donors (Lipinski definition) is 0. The van der Waals surface area contributed by atoms with Crippen molar-refractivity contribution in [3.05, 3.63) is 0 Å². The van der Waals surface area contributed by atoms with E-state index < -0.39 is 9.52 Å². The monoisotopic (exact) mass is 236 g/mol. The largest absolute Gasteiger partial charge is 2.00 e. The van der Waals surface area contributed by atoms with Gasteiger partial charge in [-0.25, -0.2) is 0 Å². The molecule has 2 nitrogen and oxygen atoms in total. The second-order valence-electron chi connectivity index (χ2n) is 3.28. The van der Waals surface area contributed by atoms with Gasteiger partial charge in [-0.15, -0.1) is 11.6 Å². The van der Waals surface area contributed by atoms with Gasteiger partial charge in [-0.05, 0) is 27.7 Å². The molecule has 0 aromatic carbocycles. The van der Waals surface area contributed by atoms with Crippen LogP contribution in [0.4, 0.5) is 0 Å². The normalized spacial score (nSPS) is 12.0. The zero-order valence-corrected chi connectivity index (χ0v) is 12.6. The standard InChI is InChI=1S/C8H19ClO2Si.Mg.2H/c1-6(2)10-8(12-5-9)11-7(3)4;;;/h6-8H,5,12H2,1-4H3;;;/q;+2;2*-1. The maximum atomic E-state index is 5.66. The van der Waals surface area contributed by atoms with Crippen molar-refractivity contribution in [2.75, 3.05) is 5.50 Å². The van der Waals surface area contributed by atoms with Crippen molar-refractivity contribution in [1.82, 2.24) is 0 Å². The smallest absolute Gasteiger partial charge is 1.00 e. The Morgan fingerprint density at radius 3 is 1.77 bits per heavy atom. The number of hydrogen-bond acceptors (Lipinski definition) is 2. The van der Waals surface area contributed by atoms with Gasteiger partial charge in [0.1, 0.15) is 15.4 Å². The van der Waals surface area contributed by atoms with Gasteiger partial charge in [0.25, 0.3) is 0 Å². The van der Waals surface area contributed by atoms with Crippen LogP contribution in [-0.4, -0.2) is 56.2 Å². The molecule has 0 aromatic rings. The topological polar surface area (TPSA) is 18.5 Å². The van der Waals surface area contributed by atoms with Crippen molar-refractivity contribution >= 4 is 44.2 Å². The summed E-state index contributed by atoms with van der Waals surface area (Å²) >= 11 is 5.66. The fraction of sp³-hybridized carbons (Fsp3) is 1.00. The Balaban J connectivity index is -0.000000202. The summed E-state index contributed by atoms with van der Waals surface area (Å²) in [5, 5.41) is 0. The molecule has 0 saturated carbocycles. The Labute approximate surface area is 108 Å². The van der Waals surface area contributed by atoms with E-state index in [0.717, 1.165) is 0 Å². The Morgan fingerprint density at radius 1 is 1.15 bits per heavy atom. The van der Waals surface area contributed by atoms with Gasteiger partial charge < -0.3 is 12.3 Å². The van der Waals surface area contributed by atoms with Crippen LogP contribution in [0, 0.1) is 0 Å². The molecule has 0 radical (unpaired) electrons. The van der Waals surface area contributed by atoms with E-state index in [1.807, 2.05) is 27.7 Å². The predicted molar refractivity (Wildman–Crippen MR) is 63.5 cm³/mol. The quantitative estimate of drug-likeness (QED) is 0.394. The Hall–Kier alpha value is 1.19. The number of rotatable bonds is 6. The molecular weight excluding hydrogens is 216 g/mol. The molecular formula is C8H21ClMgO2Si. The molecule has 0 fully saturated rings. The molecule has 0 aliphatic carbocycles. The van der Waals surface area contributed by atoms with E-state index in [9.17, 15) is 0 Å². The third-order valence-electron chi connectivity index (χ3n) is 1.19. The molecule has 0 saturated heterocycles. The van der Waals surface area contributed by atoms with Gasteiger partial charge in [0, 0.05) is 5.50 Å². The minimum absolute atomic E-state index is 0. The van der Waals surface area contributed by atoms with E-state index in [4.69, 9.17) is 21.1 Å². The van der Waals surface area contributed by atoms with Gasteiger partial charge in [0.2, 0.25) is 0 Å². The van der Waals surface area contributed by atoms with E-state index in [2.05, 4.69) is 0 Å². The average molecular weight is 237 g/mol. The summed E-state index contributed by atoms with van der Waals surface area (Å²) in [5.74, 6) is -0.0116. The fourth-order valence-corrected chi connectivity index (χ4v) is 2.62. The van der Waals surface area contributed by atoms with E-state index in [0.29, 0.717) is 5.50 Å². The molecule has 0 aliphatic heterocycles. The van der Waals surface area contributed by atoms with E-state index >= 15 is 0 Å². The van der Waals surface area contributed by atoms with Crippen molar-refractivity contribution in [3.8, 4) is 0 Å². The summed E-state index contributed by atoms with van der Waals surface area (Å²) in [6, 6.07) is 0. The van der Waals surface area contributed by atoms with Crippen LogP contribution in [0.15, 0.2) is 0 Å². The van der Waals surface area contributed by atoms with Crippen molar-refractivity contribution in [2.24, 2.45) is 0 Å². The zero-order valence-electron chi connectivity index (χ0n) is 11.0. The van der Waals surface area contributed by atoms with Crippen LogP contribution in [0.1, 0.15) is 30.5 Å². The van der Waals surface area contributed by atoms with Crippen LogP contribution in [0.5, 0.6) is 0 Å². The van der Waals surface area contributed by atoms with Crippen molar-refractivity contribution in [1.29, 1.82) is 0 Å². The first-order valence-corrected chi connectivity index (χ1v) is 6.78. The molecule has 5 heteroatoms. The summed E-state index contributed by atoms with van der Waals surface area (Å²) < 4.78 is 11.1. The number of halogens is 1. The van der Waals surface area contributed by atoms with Gasteiger partial charge in [-0.1, -0.05) is 0 Å². The molecule has 78 valence electrons. The summed E-state index contributed by atoms with van der Waals surface area (Å²) in [6.45, 7) is 8.05. The SMILES string of the molecule is CC(C)OC(OC(C)C)[SiH2]CCl.[H-].[H-].[Mg+2]. The molecule has 0 amide bonds. The van der Waals surface area contributed by atoms with Gasteiger partial charge in [-0.3, -0.25) is 0 Å². The number of alkyl halides is 1. The van der Waals surface area contributed by atoms with E-state index in [1.165, 1.54) is 0 Å². The van der Waals surface area contributed by atoms with Crippen molar-refractivity contribution in [3.63, 3.8) is 0 Å². The zero-order chi connectivity index (χ0) is 9.56. The molecule has 13 heavy (non-hydrogen) atoms. The third-order valence-corrected chi connectivity index (χ3v) is 2.92. The first-order chi connectivity index (χ1) is 5.56. The Bertz CT molecular complexity index is 113. The van der Waals surface area contributed by atoms with Crippen molar-refractivity contribution < 1.29 is 12.3 Å².